The maximum absolute atomic E-state index is 10.6. The van der Waals surface area contributed by atoms with Crippen LogP contribution in [0.25, 0.3) is 0 Å². The predicted molar refractivity (Wildman–Crippen MR) is 67.5 cm³/mol. The van der Waals surface area contributed by atoms with Gasteiger partial charge in [-0.3, -0.25) is 9.69 Å². The highest BCUT2D eigenvalue weighted by atomic mass is 35.5. The van der Waals surface area contributed by atoms with Crippen LogP contribution < -0.4 is 0 Å². The summed E-state index contributed by atoms with van der Waals surface area (Å²) in [6, 6.07) is 10.4. The molecule has 1 aromatic carbocycles. The zero-order chi connectivity index (χ0) is 11.8. The highest BCUT2D eigenvalue weighted by molar-refractivity contribution is 6.63. The van der Waals surface area contributed by atoms with Gasteiger partial charge in [0, 0.05) is 13.0 Å². The number of hydrogen-bond donors (Lipinski definition) is 0. The average Bonchev–Trinajstić information content (AvgIpc) is 2.28. The first-order valence-electron chi connectivity index (χ1n) is 5.67. The fraction of sp³-hybridized carbons (Fsp3) is 0.462. The van der Waals surface area contributed by atoms with Gasteiger partial charge in [-0.25, -0.2) is 0 Å². The molecule has 0 fully saturated rings. The summed E-state index contributed by atoms with van der Waals surface area (Å²) in [6.07, 6.45) is 1.30. The lowest BCUT2D eigenvalue weighted by molar-refractivity contribution is -0.111. The van der Waals surface area contributed by atoms with Crippen LogP contribution in [0.15, 0.2) is 30.3 Å². The van der Waals surface area contributed by atoms with Crippen LogP contribution in [0.1, 0.15) is 25.3 Å². The van der Waals surface area contributed by atoms with Gasteiger partial charge in [0.25, 0.3) is 0 Å². The van der Waals surface area contributed by atoms with Gasteiger partial charge >= 0.3 is 0 Å². The molecule has 0 aromatic heterocycles. The van der Waals surface area contributed by atoms with Crippen LogP contribution in [0.5, 0.6) is 0 Å². The lowest BCUT2D eigenvalue weighted by atomic mass is 10.2. The summed E-state index contributed by atoms with van der Waals surface area (Å²) in [7, 11) is 0. The topological polar surface area (TPSA) is 20.3 Å². The van der Waals surface area contributed by atoms with Crippen LogP contribution in [-0.4, -0.2) is 23.2 Å². The molecule has 88 valence electrons. The van der Waals surface area contributed by atoms with Gasteiger partial charge in [0.15, 0.2) is 0 Å². The molecule has 0 amide bonds. The van der Waals surface area contributed by atoms with Crippen LogP contribution >= 0.6 is 11.6 Å². The highest BCUT2D eigenvalue weighted by Gasteiger charge is 2.04. The third-order valence-electron chi connectivity index (χ3n) is 2.54. The van der Waals surface area contributed by atoms with Gasteiger partial charge in [-0.05, 0) is 36.7 Å². The Hall–Kier alpha value is -0.860. The van der Waals surface area contributed by atoms with Gasteiger partial charge in [0.2, 0.25) is 5.24 Å². The minimum atomic E-state index is -0.240. The molecule has 0 heterocycles. The second-order valence-corrected chi connectivity index (χ2v) is 4.23. The first-order chi connectivity index (χ1) is 7.72. The van der Waals surface area contributed by atoms with E-state index < -0.39 is 0 Å². The SMILES string of the molecule is CCN(CCCC(=O)Cl)Cc1ccccc1. The number of carbonyl (C=O) groups is 1. The highest BCUT2D eigenvalue weighted by Crippen LogP contribution is 2.06. The Balaban J connectivity index is 2.34. The van der Waals surface area contributed by atoms with Crippen molar-refractivity contribution in [2.75, 3.05) is 13.1 Å². The number of rotatable bonds is 7. The monoisotopic (exact) mass is 239 g/mol. The Labute approximate surface area is 102 Å². The lowest BCUT2D eigenvalue weighted by Crippen LogP contribution is -2.24. The normalized spacial score (nSPS) is 10.7. The van der Waals surface area contributed by atoms with E-state index in [4.69, 9.17) is 11.6 Å². The Morgan fingerprint density at radius 3 is 2.56 bits per heavy atom. The van der Waals surface area contributed by atoms with E-state index in [2.05, 4.69) is 24.0 Å². The van der Waals surface area contributed by atoms with Crippen LogP contribution in [0.3, 0.4) is 0 Å². The zero-order valence-corrected chi connectivity index (χ0v) is 10.4. The molecule has 16 heavy (non-hydrogen) atoms. The molecule has 0 atom stereocenters. The molecule has 3 heteroatoms. The van der Waals surface area contributed by atoms with Crippen molar-refractivity contribution in [3.8, 4) is 0 Å². The summed E-state index contributed by atoms with van der Waals surface area (Å²) in [5, 5.41) is -0.240. The van der Waals surface area contributed by atoms with Crippen molar-refractivity contribution >= 4 is 16.8 Å². The summed E-state index contributed by atoms with van der Waals surface area (Å²) in [5.74, 6) is 0. The largest absolute Gasteiger partial charge is 0.299 e. The van der Waals surface area contributed by atoms with E-state index in [0.717, 1.165) is 26.1 Å². The Bertz CT molecular complexity index is 313. The Kier molecular flexibility index (Phi) is 6.12. The van der Waals surface area contributed by atoms with E-state index >= 15 is 0 Å². The summed E-state index contributed by atoms with van der Waals surface area (Å²) < 4.78 is 0. The predicted octanol–water partition coefficient (Wildman–Crippen LogP) is 3.05. The van der Waals surface area contributed by atoms with Crippen molar-refractivity contribution in [2.24, 2.45) is 0 Å². The van der Waals surface area contributed by atoms with E-state index in [1.807, 2.05) is 18.2 Å². The Morgan fingerprint density at radius 1 is 1.31 bits per heavy atom. The molecule has 0 aliphatic carbocycles. The van der Waals surface area contributed by atoms with Crippen LogP contribution in [-0.2, 0) is 11.3 Å². The standard InChI is InChI=1S/C13H18ClNO/c1-2-15(10-6-9-13(14)16)11-12-7-4-3-5-8-12/h3-5,7-8H,2,6,9-11H2,1H3. The summed E-state index contributed by atoms with van der Waals surface area (Å²) in [4.78, 5) is 12.9. The summed E-state index contributed by atoms with van der Waals surface area (Å²) in [5.41, 5.74) is 1.31. The van der Waals surface area contributed by atoms with E-state index in [0.29, 0.717) is 6.42 Å². The minimum absolute atomic E-state index is 0.240. The number of halogens is 1. The second-order valence-electron chi connectivity index (χ2n) is 3.81. The second kappa shape index (κ2) is 7.42. The van der Waals surface area contributed by atoms with Crippen molar-refractivity contribution in [3.05, 3.63) is 35.9 Å². The molecular weight excluding hydrogens is 222 g/mol. The molecule has 1 rings (SSSR count). The summed E-state index contributed by atoms with van der Waals surface area (Å²) in [6.45, 7) is 4.98. The van der Waals surface area contributed by atoms with Crippen LogP contribution in [0.4, 0.5) is 0 Å². The number of hydrogen-bond acceptors (Lipinski definition) is 2. The van der Waals surface area contributed by atoms with Crippen LogP contribution in [0.2, 0.25) is 0 Å². The van der Waals surface area contributed by atoms with Gasteiger partial charge in [-0.2, -0.15) is 0 Å². The van der Waals surface area contributed by atoms with Crippen molar-refractivity contribution < 1.29 is 4.79 Å². The van der Waals surface area contributed by atoms with E-state index in [1.165, 1.54) is 5.56 Å². The smallest absolute Gasteiger partial charge is 0.221 e. The average molecular weight is 240 g/mol. The number of benzene rings is 1. The van der Waals surface area contributed by atoms with Crippen LogP contribution in [0, 0.1) is 0 Å². The first-order valence-corrected chi connectivity index (χ1v) is 6.04. The van der Waals surface area contributed by atoms with Gasteiger partial charge in [0.05, 0.1) is 0 Å². The molecule has 0 spiro atoms. The van der Waals surface area contributed by atoms with Gasteiger partial charge in [-0.15, -0.1) is 0 Å². The number of nitrogens with zero attached hydrogens (tertiary/aromatic N) is 1. The maximum Gasteiger partial charge on any atom is 0.221 e. The molecule has 0 bridgehead atoms. The molecule has 2 nitrogen and oxygen atoms in total. The molecule has 1 aromatic rings. The third kappa shape index (κ3) is 5.29. The van der Waals surface area contributed by atoms with E-state index in [1.54, 1.807) is 0 Å². The molecule has 0 aliphatic rings. The molecule has 0 radical (unpaired) electrons. The fourth-order valence-electron chi connectivity index (χ4n) is 1.63. The molecular formula is C13H18ClNO. The summed E-state index contributed by atoms with van der Waals surface area (Å²) >= 11 is 5.31. The van der Waals surface area contributed by atoms with Crippen molar-refractivity contribution in [1.82, 2.24) is 4.90 Å². The molecule has 0 unspecified atom stereocenters. The third-order valence-corrected chi connectivity index (χ3v) is 2.73. The fourth-order valence-corrected chi connectivity index (χ4v) is 1.77. The van der Waals surface area contributed by atoms with Gasteiger partial charge in [-0.1, -0.05) is 37.3 Å². The van der Waals surface area contributed by atoms with E-state index in [-0.39, 0.29) is 5.24 Å². The molecule has 0 saturated heterocycles. The van der Waals surface area contributed by atoms with Crippen molar-refractivity contribution in [2.45, 2.75) is 26.3 Å². The lowest BCUT2D eigenvalue weighted by Gasteiger charge is -2.19. The maximum atomic E-state index is 10.6. The molecule has 0 aliphatic heterocycles. The van der Waals surface area contributed by atoms with Gasteiger partial charge < -0.3 is 0 Å². The quantitative estimate of drug-likeness (QED) is 0.682. The van der Waals surface area contributed by atoms with Crippen molar-refractivity contribution in [3.63, 3.8) is 0 Å². The first kappa shape index (κ1) is 13.2. The molecule has 0 N–H and O–H groups in total. The Morgan fingerprint density at radius 2 is 2.00 bits per heavy atom. The minimum Gasteiger partial charge on any atom is -0.299 e. The number of carbonyl (C=O) groups excluding carboxylic acids is 1. The molecule has 0 saturated carbocycles. The van der Waals surface area contributed by atoms with E-state index in [9.17, 15) is 4.79 Å². The zero-order valence-electron chi connectivity index (χ0n) is 9.66. The van der Waals surface area contributed by atoms with Crippen molar-refractivity contribution in [1.29, 1.82) is 0 Å². The van der Waals surface area contributed by atoms with Gasteiger partial charge in [0.1, 0.15) is 0 Å².